The number of hydrogen-bond acceptors (Lipinski definition) is 3. The Balaban J connectivity index is 1.81. The number of benzene rings is 1. The summed E-state index contributed by atoms with van der Waals surface area (Å²) in [6.45, 7) is 4.03. The number of ketones is 1. The molecule has 0 bridgehead atoms. The van der Waals surface area contributed by atoms with Gasteiger partial charge in [0.1, 0.15) is 0 Å². The maximum absolute atomic E-state index is 12.2. The number of amides is 1. The van der Waals surface area contributed by atoms with Crippen LogP contribution in [0.15, 0.2) is 18.2 Å². The molecule has 126 valence electrons. The van der Waals surface area contributed by atoms with E-state index in [-0.39, 0.29) is 31.1 Å². The van der Waals surface area contributed by atoms with E-state index in [1.165, 1.54) is 11.1 Å². The minimum absolute atomic E-state index is 0.0103. The van der Waals surface area contributed by atoms with E-state index >= 15 is 0 Å². The number of aryl methyl sites for hydroxylation is 2. The van der Waals surface area contributed by atoms with Gasteiger partial charge in [0, 0.05) is 24.9 Å². The molecular formula is C19H27NO3. The van der Waals surface area contributed by atoms with Gasteiger partial charge < -0.3 is 10.4 Å². The third-order valence-corrected chi connectivity index (χ3v) is 4.93. The molecule has 0 spiro atoms. The molecule has 4 heteroatoms. The van der Waals surface area contributed by atoms with Crippen molar-refractivity contribution in [2.45, 2.75) is 64.4 Å². The first-order valence-corrected chi connectivity index (χ1v) is 8.61. The number of hydrogen-bond donors (Lipinski definition) is 2. The van der Waals surface area contributed by atoms with Crippen molar-refractivity contribution < 1.29 is 14.7 Å². The van der Waals surface area contributed by atoms with Gasteiger partial charge in [0.15, 0.2) is 5.78 Å². The van der Waals surface area contributed by atoms with Crippen molar-refractivity contribution in [2.24, 2.45) is 0 Å². The third kappa shape index (κ3) is 4.64. The van der Waals surface area contributed by atoms with Gasteiger partial charge in [0.05, 0.1) is 5.60 Å². The fraction of sp³-hybridized carbons (Fsp3) is 0.579. The van der Waals surface area contributed by atoms with E-state index in [9.17, 15) is 14.7 Å². The van der Waals surface area contributed by atoms with E-state index in [4.69, 9.17) is 0 Å². The van der Waals surface area contributed by atoms with E-state index in [0.717, 1.165) is 19.3 Å². The molecule has 1 aliphatic rings. The fourth-order valence-corrected chi connectivity index (χ4v) is 2.97. The Morgan fingerprint density at radius 2 is 1.83 bits per heavy atom. The molecule has 0 saturated carbocycles. The predicted molar refractivity (Wildman–Crippen MR) is 90.6 cm³/mol. The van der Waals surface area contributed by atoms with Crippen LogP contribution in [-0.2, 0) is 17.6 Å². The summed E-state index contributed by atoms with van der Waals surface area (Å²) in [6, 6.07) is 5.89. The maximum atomic E-state index is 12.2. The van der Waals surface area contributed by atoms with Gasteiger partial charge in [-0.05, 0) is 49.3 Å². The van der Waals surface area contributed by atoms with Crippen molar-refractivity contribution in [1.82, 2.24) is 5.32 Å². The van der Waals surface area contributed by atoms with E-state index in [1.807, 2.05) is 32.0 Å². The highest BCUT2D eigenvalue weighted by Crippen LogP contribution is 2.23. The van der Waals surface area contributed by atoms with Gasteiger partial charge in [-0.3, -0.25) is 9.59 Å². The molecule has 2 rings (SSSR count). The van der Waals surface area contributed by atoms with Crippen molar-refractivity contribution in [2.75, 3.05) is 6.54 Å². The summed E-state index contributed by atoms with van der Waals surface area (Å²) >= 11 is 0. The van der Waals surface area contributed by atoms with Crippen LogP contribution in [0.1, 0.15) is 67.4 Å². The van der Waals surface area contributed by atoms with E-state index in [2.05, 4.69) is 5.32 Å². The van der Waals surface area contributed by atoms with E-state index in [1.54, 1.807) is 0 Å². The molecule has 2 N–H and O–H groups in total. The highest BCUT2D eigenvalue weighted by molar-refractivity contribution is 5.98. The highest BCUT2D eigenvalue weighted by Gasteiger charge is 2.23. The molecule has 0 atom stereocenters. The van der Waals surface area contributed by atoms with Crippen molar-refractivity contribution in [1.29, 1.82) is 0 Å². The predicted octanol–water partition coefficient (Wildman–Crippen LogP) is 2.81. The monoisotopic (exact) mass is 317 g/mol. The van der Waals surface area contributed by atoms with Gasteiger partial charge in [0.25, 0.3) is 0 Å². The Hall–Kier alpha value is -1.68. The van der Waals surface area contributed by atoms with Crippen molar-refractivity contribution >= 4 is 11.7 Å². The summed E-state index contributed by atoms with van der Waals surface area (Å²) in [5.41, 5.74) is 2.48. The number of rotatable bonds is 8. The summed E-state index contributed by atoms with van der Waals surface area (Å²) in [4.78, 5) is 24.1. The number of aliphatic hydroxyl groups is 1. The standard InChI is InChI=1S/C19H27NO3/c1-3-19(23,4-2)13-20-18(22)11-10-17(21)16-9-8-14-6-5-7-15(14)12-16/h8-9,12,23H,3-7,10-11,13H2,1-2H3,(H,20,22). The summed E-state index contributed by atoms with van der Waals surface area (Å²) in [5.74, 6) is -0.170. The first kappa shape index (κ1) is 17.7. The second-order valence-electron chi connectivity index (χ2n) is 6.47. The van der Waals surface area contributed by atoms with Gasteiger partial charge in [-0.2, -0.15) is 0 Å². The van der Waals surface area contributed by atoms with Crippen molar-refractivity contribution in [3.05, 3.63) is 34.9 Å². The molecule has 0 aromatic heterocycles. The van der Waals surface area contributed by atoms with Crippen LogP contribution < -0.4 is 5.32 Å². The quantitative estimate of drug-likeness (QED) is 0.725. The topological polar surface area (TPSA) is 66.4 Å². The third-order valence-electron chi connectivity index (χ3n) is 4.93. The van der Waals surface area contributed by atoms with E-state index in [0.29, 0.717) is 18.4 Å². The van der Waals surface area contributed by atoms with Crippen LogP contribution in [0, 0.1) is 0 Å². The molecular weight excluding hydrogens is 290 g/mol. The first-order valence-electron chi connectivity index (χ1n) is 8.61. The minimum atomic E-state index is -0.848. The fourth-order valence-electron chi connectivity index (χ4n) is 2.97. The van der Waals surface area contributed by atoms with Crippen LogP contribution in [0.5, 0.6) is 0 Å². The summed E-state index contributed by atoms with van der Waals surface area (Å²) < 4.78 is 0. The van der Waals surface area contributed by atoms with Gasteiger partial charge in [-0.25, -0.2) is 0 Å². The lowest BCUT2D eigenvalue weighted by atomic mass is 9.97. The number of nitrogens with one attached hydrogen (secondary N) is 1. The Morgan fingerprint density at radius 1 is 1.13 bits per heavy atom. The van der Waals surface area contributed by atoms with Crippen LogP contribution in [0.4, 0.5) is 0 Å². The Bertz CT molecular complexity index is 576. The van der Waals surface area contributed by atoms with Crippen LogP contribution in [0.3, 0.4) is 0 Å². The molecule has 0 heterocycles. The SMILES string of the molecule is CCC(O)(CC)CNC(=O)CCC(=O)c1ccc2c(c1)CCC2. The normalized spacial score (nSPS) is 13.7. The molecule has 1 aromatic carbocycles. The van der Waals surface area contributed by atoms with Crippen LogP contribution in [-0.4, -0.2) is 28.9 Å². The number of carbonyl (C=O) groups excluding carboxylic acids is 2. The average Bonchev–Trinajstić information content (AvgIpc) is 3.05. The van der Waals surface area contributed by atoms with Crippen LogP contribution in [0.2, 0.25) is 0 Å². The molecule has 1 aliphatic carbocycles. The lowest BCUT2D eigenvalue weighted by Gasteiger charge is -2.25. The Kier molecular flexibility index (Phi) is 5.94. The zero-order valence-corrected chi connectivity index (χ0v) is 14.2. The molecule has 0 unspecified atom stereocenters. The van der Waals surface area contributed by atoms with Crippen molar-refractivity contribution in [3.63, 3.8) is 0 Å². The molecule has 0 aliphatic heterocycles. The lowest BCUT2D eigenvalue weighted by molar-refractivity contribution is -0.122. The van der Waals surface area contributed by atoms with Crippen molar-refractivity contribution in [3.8, 4) is 0 Å². The maximum Gasteiger partial charge on any atom is 0.220 e. The number of carbonyl (C=O) groups is 2. The average molecular weight is 317 g/mol. The molecule has 1 amide bonds. The van der Waals surface area contributed by atoms with Gasteiger partial charge in [0.2, 0.25) is 5.91 Å². The molecule has 23 heavy (non-hydrogen) atoms. The summed E-state index contributed by atoms with van der Waals surface area (Å²) in [7, 11) is 0. The van der Waals surface area contributed by atoms with Crippen LogP contribution in [0.25, 0.3) is 0 Å². The lowest BCUT2D eigenvalue weighted by Crippen LogP contribution is -2.42. The minimum Gasteiger partial charge on any atom is -0.388 e. The van der Waals surface area contributed by atoms with Gasteiger partial charge >= 0.3 is 0 Å². The first-order chi connectivity index (χ1) is 11.0. The summed E-state index contributed by atoms with van der Waals surface area (Å²) in [6.07, 6.45) is 4.87. The number of fused-ring (bicyclic) bond motifs is 1. The molecule has 1 aromatic rings. The zero-order valence-electron chi connectivity index (χ0n) is 14.2. The summed E-state index contributed by atoms with van der Waals surface area (Å²) in [5, 5.41) is 12.9. The Labute approximate surface area is 138 Å². The smallest absolute Gasteiger partial charge is 0.220 e. The van der Waals surface area contributed by atoms with Crippen LogP contribution >= 0.6 is 0 Å². The second-order valence-corrected chi connectivity index (χ2v) is 6.47. The zero-order chi connectivity index (χ0) is 16.9. The van der Waals surface area contributed by atoms with E-state index < -0.39 is 5.60 Å². The number of Topliss-reactive ketones (excluding diaryl/α,β-unsaturated/α-hetero) is 1. The molecule has 0 saturated heterocycles. The van der Waals surface area contributed by atoms with Gasteiger partial charge in [-0.1, -0.05) is 26.0 Å². The van der Waals surface area contributed by atoms with Gasteiger partial charge in [-0.15, -0.1) is 0 Å². The molecule has 0 fully saturated rings. The highest BCUT2D eigenvalue weighted by atomic mass is 16.3. The second kappa shape index (κ2) is 7.73. The molecule has 0 radical (unpaired) electrons. The molecule has 4 nitrogen and oxygen atoms in total. The Morgan fingerprint density at radius 3 is 2.52 bits per heavy atom. The largest absolute Gasteiger partial charge is 0.388 e.